The zero-order valence-corrected chi connectivity index (χ0v) is 24.2. The van der Waals surface area contributed by atoms with Gasteiger partial charge in [0.25, 0.3) is 0 Å². The monoisotopic (exact) mass is 581 g/mol. The van der Waals surface area contributed by atoms with Gasteiger partial charge in [0.1, 0.15) is 6.04 Å². The third-order valence-electron chi connectivity index (χ3n) is 9.84. The van der Waals surface area contributed by atoms with Crippen molar-refractivity contribution in [2.75, 3.05) is 0 Å². The van der Waals surface area contributed by atoms with E-state index < -0.39 is 23.4 Å². The summed E-state index contributed by atoms with van der Waals surface area (Å²) in [6.07, 6.45) is 4.08. The van der Waals surface area contributed by atoms with Gasteiger partial charge in [0.05, 0.1) is 39.8 Å². The molecular formula is C40H27N3O2. The van der Waals surface area contributed by atoms with Crippen LogP contribution in [0.4, 0.5) is 0 Å². The summed E-state index contributed by atoms with van der Waals surface area (Å²) in [5.74, 6) is -0.746. The molecule has 4 atom stereocenters. The van der Waals surface area contributed by atoms with Gasteiger partial charge in [0.15, 0.2) is 11.6 Å². The molecule has 0 saturated carbocycles. The molecule has 4 unspecified atom stereocenters. The molecule has 214 valence electrons. The van der Waals surface area contributed by atoms with Gasteiger partial charge in [-0.05, 0) is 34.9 Å². The number of benzene rings is 5. The first-order valence-electron chi connectivity index (χ1n) is 15.3. The minimum absolute atomic E-state index is 0.0170. The quantitative estimate of drug-likeness (QED) is 0.200. The highest BCUT2D eigenvalue weighted by Crippen LogP contribution is 2.65. The fourth-order valence-electron chi connectivity index (χ4n) is 8.08. The second kappa shape index (κ2) is 9.66. The molecule has 2 aliphatic heterocycles. The van der Waals surface area contributed by atoms with Crippen molar-refractivity contribution in [3.63, 3.8) is 0 Å². The van der Waals surface area contributed by atoms with Crippen LogP contribution in [0.1, 0.15) is 49.1 Å². The number of hydrogen-bond donors (Lipinski definition) is 0. The number of rotatable bonds is 4. The number of carbonyl (C=O) groups excluding carboxylic acids is 2. The molecule has 45 heavy (non-hydrogen) atoms. The lowest BCUT2D eigenvalue weighted by molar-refractivity contribution is 0.0841. The molecule has 1 saturated heterocycles. The van der Waals surface area contributed by atoms with E-state index in [1.807, 2.05) is 115 Å². The lowest BCUT2D eigenvalue weighted by Crippen LogP contribution is -2.50. The van der Waals surface area contributed by atoms with Gasteiger partial charge in [-0.2, -0.15) is 0 Å². The summed E-state index contributed by atoms with van der Waals surface area (Å²) in [5.41, 5.74) is 6.92. The minimum Gasteiger partial charge on any atom is -0.358 e. The van der Waals surface area contributed by atoms with Gasteiger partial charge in [0.2, 0.25) is 0 Å². The van der Waals surface area contributed by atoms with E-state index in [0.717, 1.165) is 39.0 Å². The maximum atomic E-state index is 15.3. The van der Waals surface area contributed by atoms with Crippen molar-refractivity contribution >= 4 is 28.7 Å². The smallest absolute Gasteiger partial charge is 0.186 e. The van der Waals surface area contributed by atoms with Crippen molar-refractivity contribution in [2.45, 2.75) is 17.5 Å². The van der Waals surface area contributed by atoms with Gasteiger partial charge in [-0.1, -0.05) is 121 Å². The predicted octanol–water partition coefficient (Wildman–Crippen LogP) is 7.69. The summed E-state index contributed by atoms with van der Waals surface area (Å²) in [4.78, 5) is 43.1. The van der Waals surface area contributed by atoms with Gasteiger partial charge in [-0.15, -0.1) is 0 Å². The molecular weight excluding hydrogens is 554 g/mol. The van der Waals surface area contributed by atoms with Gasteiger partial charge in [-0.3, -0.25) is 9.59 Å². The van der Waals surface area contributed by atoms with Crippen molar-refractivity contribution < 1.29 is 9.59 Å². The number of para-hydroxylation sites is 2. The van der Waals surface area contributed by atoms with Crippen molar-refractivity contribution in [2.24, 2.45) is 5.92 Å². The maximum Gasteiger partial charge on any atom is 0.186 e. The fourth-order valence-corrected chi connectivity index (χ4v) is 8.08. The van der Waals surface area contributed by atoms with Crippen LogP contribution in [-0.2, 0) is 5.41 Å². The number of Topliss-reactive ketones (excluding diaryl/α,β-unsaturated/α-hetero) is 2. The van der Waals surface area contributed by atoms with Gasteiger partial charge >= 0.3 is 0 Å². The van der Waals surface area contributed by atoms with E-state index in [2.05, 4.69) is 35.2 Å². The molecule has 1 aromatic heterocycles. The Kier molecular flexibility index (Phi) is 5.54. The standard InChI is InChI=1S/C40H27N3O2/c44-36(26-14-3-1-4-15-26)33-35-28-18-8-7-13-25(28)23-24-43(35)39(37(45)27-16-5-2-6-17-27)40(33)30-20-10-9-19-29(30)34-38(40)42-32-22-12-11-21-31(32)41-34/h1-24,33,35,39H. The molecule has 0 N–H and O–H groups in total. The molecule has 1 spiro atoms. The van der Waals surface area contributed by atoms with Crippen LogP contribution >= 0.6 is 0 Å². The average molecular weight is 582 g/mol. The van der Waals surface area contributed by atoms with E-state index >= 15 is 9.59 Å². The maximum absolute atomic E-state index is 15.3. The van der Waals surface area contributed by atoms with E-state index in [4.69, 9.17) is 9.97 Å². The van der Waals surface area contributed by atoms with E-state index in [0.29, 0.717) is 16.8 Å². The van der Waals surface area contributed by atoms with E-state index in [9.17, 15) is 0 Å². The van der Waals surface area contributed by atoms with Crippen LogP contribution in [0.2, 0.25) is 0 Å². The van der Waals surface area contributed by atoms with Gasteiger partial charge in [0, 0.05) is 22.9 Å². The van der Waals surface area contributed by atoms with Crippen molar-refractivity contribution in [1.29, 1.82) is 0 Å². The highest BCUT2D eigenvalue weighted by atomic mass is 16.1. The zero-order chi connectivity index (χ0) is 30.1. The summed E-state index contributed by atoms with van der Waals surface area (Å²) < 4.78 is 0. The number of aromatic nitrogens is 2. The second-order valence-corrected chi connectivity index (χ2v) is 12.0. The number of fused-ring (bicyclic) bond motifs is 9. The fraction of sp³-hybridized carbons (Fsp3) is 0.100. The molecule has 5 heteroatoms. The summed E-state index contributed by atoms with van der Waals surface area (Å²) in [6, 6.07) is 41.9. The Hall–Kier alpha value is -5.68. The summed E-state index contributed by atoms with van der Waals surface area (Å²) in [6.45, 7) is 0. The Morgan fingerprint density at radius 3 is 1.98 bits per heavy atom. The van der Waals surface area contributed by atoms with Crippen molar-refractivity contribution in [3.05, 3.63) is 173 Å². The molecule has 9 rings (SSSR count). The Balaban J connectivity index is 1.44. The first-order valence-corrected chi connectivity index (χ1v) is 15.3. The first-order chi connectivity index (χ1) is 22.2. The van der Waals surface area contributed by atoms with Crippen LogP contribution in [0.25, 0.3) is 28.4 Å². The Labute approximate surface area is 260 Å². The predicted molar refractivity (Wildman–Crippen MR) is 175 cm³/mol. The van der Waals surface area contributed by atoms with Crippen LogP contribution in [0.5, 0.6) is 0 Å². The molecule has 5 aromatic carbocycles. The second-order valence-electron chi connectivity index (χ2n) is 12.0. The largest absolute Gasteiger partial charge is 0.358 e. The Morgan fingerprint density at radius 2 is 1.22 bits per heavy atom. The van der Waals surface area contributed by atoms with Crippen molar-refractivity contribution in [3.8, 4) is 11.3 Å². The van der Waals surface area contributed by atoms with Crippen molar-refractivity contribution in [1.82, 2.24) is 14.9 Å². The minimum atomic E-state index is -1.13. The Bertz CT molecular complexity index is 2190. The molecule has 6 aromatic rings. The number of nitrogens with zero attached hydrogens (tertiary/aromatic N) is 3. The van der Waals surface area contributed by atoms with Gasteiger partial charge in [-0.25, -0.2) is 9.97 Å². The molecule has 3 aliphatic rings. The van der Waals surface area contributed by atoms with Crippen LogP contribution in [-0.4, -0.2) is 32.5 Å². The lowest BCUT2D eigenvalue weighted by Gasteiger charge is -2.37. The Morgan fingerprint density at radius 1 is 0.622 bits per heavy atom. The number of carbonyl (C=O) groups is 2. The molecule has 0 amide bonds. The van der Waals surface area contributed by atoms with E-state index in [-0.39, 0.29) is 11.6 Å². The van der Waals surface area contributed by atoms with Crippen LogP contribution in [0.3, 0.4) is 0 Å². The SMILES string of the molecule is O=C(c1ccccc1)C1C2c3ccccc3C=CN2C(C(=O)c2ccccc2)C12c1ccccc1-c1nc3ccccc3nc12. The number of ketones is 2. The molecule has 1 fully saturated rings. The van der Waals surface area contributed by atoms with Crippen LogP contribution in [0.15, 0.2) is 140 Å². The molecule has 3 heterocycles. The normalized spacial score (nSPS) is 22.1. The van der Waals surface area contributed by atoms with Crippen LogP contribution < -0.4 is 0 Å². The van der Waals surface area contributed by atoms with E-state index in [1.54, 1.807) is 0 Å². The highest BCUT2D eigenvalue weighted by Gasteiger charge is 2.69. The summed E-state index contributed by atoms with van der Waals surface area (Å²) in [7, 11) is 0. The number of hydrogen-bond acceptors (Lipinski definition) is 5. The summed E-state index contributed by atoms with van der Waals surface area (Å²) >= 11 is 0. The molecule has 5 nitrogen and oxygen atoms in total. The molecule has 0 bridgehead atoms. The first kappa shape index (κ1) is 25.8. The van der Waals surface area contributed by atoms with E-state index in [1.165, 1.54) is 0 Å². The lowest BCUT2D eigenvalue weighted by atomic mass is 9.62. The topological polar surface area (TPSA) is 63.2 Å². The highest BCUT2D eigenvalue weighted by molar-refractivity contribution is 6.08. The zero-order valence-electron chi connectivity index (χ0n) is 24.2. The average Bonchev–Trinajstić information content (AvgIpc) is 3.57. The molecule has 0 radical (unpaired) electrons. The van der Waals surface area contributed by atoms with Crippen LogP contribution in [0, 0.1) is 5.92 Å². The van der Waals surface area contributed by atoms with Gasteiger partial charge < -0.3 is 4.90 Å². The summed E-state index contributed by atoms with van der Waals surface area (Å²) in [5, 5.41) is 0. The third kappa shape index (κ3) is 3.49. The third-order valence-corrected chi connectivity index (χ3v) is 9.84. The molecule has 1 aliphatic carbocycles.